The number of benzene rings is 1. The van der Waals surface area contributed by atoms with Crippen molar-refractivity contribution in [3.05, 3.63) is 41.4 Å². The second kappa shape index (κ2) is 4.63. The maximum absolute atomic E-state index is 10.8. The van der Waals surface area contributed by atoms with Crippen molar-refractivity contribution < 1.29 is 18.8 Å². The summed E-state index contributed by atoms with van der Waals surface area (Å²) in [6, 6.07) is 6.93. The molecule has 0 saturated carbocycles. The molecule has 0 aliphatic heterocycles. The highest BCUT2D eigenvalue weighted by atomic mass is 35.5. The molecule has 0 amide bonds. The third-order valence-electron chi connectivity index (χ3n) is 2.00. The molecule has 7 heteroatoms. The molecule has 0 saturated heterocycles. The van der Waals surface area contributed by atoms with Crippen molar-refractivity contribution in [2.75, 3.05) is 0 Å². The van der Waals surface area contributed by atoms with Gasteiger partial charge < -0.3 is 14.2 Å². The molecule has 0 aliphatic rings. The average molecular weight is 274 g/mol. The van der Waals surface area contributed by atoms with Crippen molar-refractivity contribution in [2.45, 2.75) is 6.16 Å². The molecule has 1 heterocycles. The summed E-state index contributed by atoms with van der Waals surface area (Å²) in [4.78, 5) is 21.4. The van der Waals surface area contributed by atoms with E-state index < -0.39 is 13.8 Å². The van der Waals surface area contributed by atoms with Gasteiger partial charge in [-0.15, -0.1) is 0 Å². The predicted molar refractivity (Wildman–Crippen MR) is 62.7 cm³/mol. The van der Waals surface area contributed by atoms with Crippen LogP contribution in [0.1, 0.15) is 5.89 Å². The summed E-state index contributed by atoms with van der Waals surface area (Å²) in [7, 11) is -4.16. The van der Waals surface area contributed by atoms with Crippen LogP contribution in [0.3, 0.4) is 0 Å². The van der Waals surface area contributed by atoms with Crippen molar-refractivity contribution in [3.8, 4) is 11.3 Å². The molecule has 0 atom stereocenters. The highest BCUT2D eigenvalue weighted by Crippen LogP contribution is 2.39. The number of oxazole rings is 1. The van der Waals surface area contributed by atoms with E-state index in [1.54, 1.807) is 24.3 Å². The van der Waals surface area contributed by atoms with Crippen LogP contribution in [0.15, 0.2) is 34.9 Å². The van der Waals surface area contributed by atoms with Gasteiger partial charge in [0.25, 0.3) is 0 Å². The monoisotopic (exact) mass is 273 g/mol. The number of rotatable bonds is 3. The fourth-order valence-electron chi connectivity index (χ4n) is 1.33. The van der Waals surface area contributed by atoms with E-state index in [1.165, 1.54) is 6.20 Å². The first kappa shape index (κ1) is 12.3. The molecule has 1 aromatic heterocycles. The molecule has 1 aromatic carbocycles. The molecule has 2 aromatic rings. The minimum atomic E-state index is -4.16. The van der Waals surface area contributed by atoms with E-state index in [4.69, 9.17) is 25.8 Å². The van der Waals surface area contributed by atoms with Crippen LogP contribution >= 0.6 is 19.2 Å². The van der Waals surface area contributed by atoms with Crippen LogP contribution in [0.25, 0.3) is 11.3 Å². The number of hydrogen-bond donors (Lipinski definition) is 2. The van der Waals surface area contributed by atoms with Gasteiger partial charge in [0, 0.05) is 10.6 Å². The van der Waals surface area contributed by atoms with Crippen molar-refractivity contribution in [1.29, 1.82) is 0 Å². The summed E-state index contributed by atoms with van der Waals surface area (Å²) in [5, 5.41) is 0.551. The minimum absolute atomic E-state index is 0.00769. The van der Waals surface area contributed by atoms with E-state index in [0.717, 1.165) is 0 Å². The summed E-state index contributed by atoms with van der Waals surface area (Å²) in [5.74, 6) is 0.434. The van der Waals surface area contributed by atoms with E-state index in [0.29, 0.717) is 16.3 Å². The first-order valence-electron chi connectivity index (χ1n) is 4.69. The van der Waals surface area contributed by atoms with Crippen molar-refractivity contribution >= 4 is 19.2 Å². The van der Waals surface area contributed by atoms with Gasteiger partial charge in [-0.3, -0.25) is 4.57 Å². The molecule has 90 valence electrons. The second-order valence-electron chi connectivity index (χ2n) is 3.45. The summed E-state index contributed by atoms with van der Waals surface area (Å²) in [6.07, 6.45) is 0.907. The topological polar surface area (TPSA) is 83.6 Å². The molecule has 0 spiro atoms. The zero-order valence-corrected chi connectivity index (χ0v) is 10.2. The lowest BCUT2D eigenvalue weighted by Crippen LogP contribution is -1.85. The van der Waals surface area contributed by atoms with Crippen molar-refractivity contribution in [3.63, 3.8) is 0 Å². The van der Waals surface area contributed by atoms with Gasteiger partial charge in [0.15, 0.2) is 5.76 Å². The Bertz CT molecular complexity index is 577. The van der Waals surface area contributed by atoms with E-state index >= 15 is 0 Å². The molecule has 0 fully saturated rings. The first-order chi connectivity index (χ1) is 7.94. The van der Waals surface area contributed by atoms with Crippen LogP contribution < -0.4 is 0 Å². The third-order valence-corrected chi connectivity index (χ3v) is 2.92. The molecule has 0 bridgehead atoms. The number of hydrogen-bond acceptors (Lipinski definition) is 3. The SMILES string of the molecule is O=P(O)(O)Cc1ncc(-c2cccc(Cl)c2)o1. The Hall–Kier alpha value is -1.13. The Morgan fingerprint density at radius 2 is 2.18 bits per heavy atom. The minimum Gasteiger partial charge on any atom is -0.440 e. The average Bonchev–Trinajstić information content (AvgIpc) is 2.63. The van der Waals surface area contributed by atoms with Gasteiger partial charge in [0.1, 0.15) is 6.16 Å². The van der Waals surface area contributed by atoms with E-state index in [1.807, 2.05) is 0 Å². The maximum Gasteiger partial charge on any atom is 0.334 e. The Labute approximate surface area is 102 Å². The van der Waals surface area contributed by atoms with Crippen LogP contribution in [-0.4, -0.2) is 14.8 Å². The van der Waals surface area contributed by atoms with Crippen LogP contribution in [0, 0.1) is 0 Å². The Balaban J connectivity index is 2.27. The molecular weight excluding hydrogens is 265 g/mol. The summed E-state index contributed by atoms with van der Waals surface area (Å²) in [6.45, 7) is 0. The standard InChI is InChI=1S/C10H9ClNO4P/c11-8-3-1-2-7(4-8)9-5-12-10(16-9)6-17(13,14)15/h1-5H,6H2,(H2,13,14,15). The Morgan fingerprint density at radius 1 is 1.41 bits per heavy atom. The first-order valence-corrected chi connectivity index (χ1v) is 6.87. The van der Waals surface area contributed by atoms with Gasteiger partial charge in [0.2, 0.25) is 5.89 Å². The normalized spacial score (nSPS) is 11.7. The summed E-state index contributed by atoms with van der Waals surface area (Å²) >= 11 is 5.82. The van der Waals surface area contributed by atoms with Gasteiger partial charge >= 0.3 is 7.60 Å². The third kappa shape index (κ3) is 3.41. The predicted octanol–water partition coefficient (Wildman–Crippen LogP) is 2.67. The van der Waals surface area contributed by atoms with Gasteiger partial charge in [-0.2, -0.15) is 0 Å². The summed E-state index contributed by atoms with van der Waals surface area (Å²) < 4.78 is 16.0. The molecular formula is C10H9ClNO4P. The van der Waals surface area contributed by atoms with Gasteiger partial charge in [-0.1, -0.05) is 23.7 Å². The molecule has 5 nitrogen and oxygen atoms in total. The van der Waals surface area contributed by atoms with Gasteiger partial charge in [-0.05, 0) is 12.1 Å². The molecule has 2 N–H and O–H groups in total. The lowest BCUT2D eigenvalue weighted by molar-refractivity contribution is 0.364. The van der Waals surface area contributed by atoms with Crippen LogP contribution in [0.4, 0.5) is 0 Å². The van der Waals surface area contributed by atoms with Crippen LogP contribution in [0.2, 0.25) is 5.02 Å². The second-order valence-corrected chi connectivity index (χ2v) is 5.53. The molecule has 2 rings (SSSR count). The van der Waals surface area contributed by atoms with E-state index in [2.05, 4.69) is 4.98 Å². The fourth-order valence-corrected chi connectivity index (χ4v) is 2.02. The zero-order chi connectivity index (χ0) is 12.5. The Morgan fingerprint density at radius 3 is 2.82 bits per heavy atom. The summed E-state index contributed by atoms with van der Waals surface area (Å²) in [5.41, 5.74) is 0.710. The fraction of sp³-hybridized carbons (Fsp3) is 0.100. The molecule has 0 radical (unpaired) electrons. The largest absolute Gasteiger partial charge is 0.440 e. The van der Waals surface area contributed by atoms with Crippen molar-refractivity contribution in [1.82, 2.24) is 4.98 Å². The number of nitrogens with zero attached hydrogens (tertiary/aromatic N) is 1. The molecule has 0 aliphatic carbocycles. The molecule has 0 unspecified atom stereocenters. The van der Waals surface area contributed by atoms with Crippen molar-refractivity contribution in [2.24, 2.45) is 0 Å². The smallest absolute Gasteiger partial charge is 0.334 e. The van der Waals surface area contributed by atoms with E-state index in [-0.39, 0.29) is 5.89 Å². The number of aromatic nitrogens is 1. The maximum atomic E-state index is 10.8. The quantitative estimate of drug-likeness (QED) is 0.840. The van der Waals surface area contributed by atoms with Crippen LogP contribution in [0.5, 0.6) is 0 Å². The van der Waals surface area contributed by atoms with Crippen LogP contribution in [-0.2, 0) is 10.7 Å². The highest BCUT2D eigenvalue weighted by Gasteiger charge is 2.18. The number of halogens is 1. The lowest BCUT2D eigenvalue weighted by Gasteiger charge is -1.99. The Kier molecular flexibility index (Phi) is 3.35. The zero-order valence-electron chi connectivity index (χ0n) is 8.58. The molecule has 17 heavy (non-hydrogen) atoms. The lowest BCUT2D eigenvalue weighted by atomic mass is 10.2. The van der Waals surface area contributed by atoms with Gasteiger partial charge in [0.05, 0.1) is 6.20 Å². The highest BCUT2D eigenvalue weighted by molar-refractivity contribution is 7.50. The van der Waals surface area contributed by atoms with E-state index in [9.17, 15) is 4.57 Å². The van der Waals surface area contributed by atoms with Gasteiger partial charge in [-0.25, -0.2) is 4.98 Å².